The number of hydrogen-bond acceptors (Lipinski definition) is 4. The third kappa shape index (κ3) is 2.68. The molecule has 0 spiro atoms. The van der Waals surface area contributed by atoms with E-state index in [4.69, 9.17) is 9.84 Å². The normalized spacial score (nSPS) is 9.94. The summed E-state index contributed by atoms with van der Waals surface area (Å²) in [4.78, 5) is 14.8. The lowest BCUT2D eigenvalue weighted by Crippen LogP contribution is -1.93. The first-order valence-electron chi connectivity index (χ1n) is 5.11. The summed E-state index contributed by atoms with van der Waals surface area (Å²) in [5, 5.41) is 9.00. The minimum Gasteiger partial charge on any atom is -0.438 e. The van der Waals surface area contributed by atoms with Crippen LogP contribution in [0.3, 0.4) is 0 Å². The van der Waals surface area contributed by atoms with Crippen molar-refractivity contribution in [3.8, 4) is 11.6 Å². The first-order chi connectivity index (χ1) is 8.33. The lowest BCUT2D eigenvalue weighted by atomic mass is 10.2. The van der Waals surface area contributed by atoms with Crippen LogP contribution in [0.1, 0.15) is 15.9 Å². The van der Waals surface area contributed by atoms with Gasteiger partial charge in [-0.1, -0.05) is 12.1 Å². The number of nitrogens with zero attached hydrogens (tertiary/aromatic N) is 1. The summed E-state index contributed by atoms with van der Waals surface area (Å²) in [5.74, 6) is 0.802. The Bertz CT molecular complexity index is 526. The van der Waals surface area contributed by atoms with Crippen molar-refractivity contribution in [2.75, 3.05) is 0 Å². The van der Waals surface area contributed by atoms with E-state index in [9.17, 15) is 4.79 Å². The molecule has 2 rings (SSSR count). The molecule has 4 nitrogen and oxygen atoms in total. The lowest BCUT2D eigenvalue weighted by Gasteiger charge is -2.07. The van der Waals surface area contributed by atoms with Crippen LogP contribution in [0.5, 0.6) is 11.6 Å². The third-order valence-corrected chi connectivity index (χ3v) is 2.22. The van der Waals surface area contributed by atoms with Gasteiger partial charge in [0.25, 0.3) is 0 Å². The van der Waals surface area contributed by atoms with E-state index in [1.54, 1.807) is 42.6 Å². The van der Waals surface area contributed by atoms with Crippen LogP contribution in [0.15, 0.2) is 42.6 Å². The van der Waals surface area contributed by atoms with Crippen LogP contribution in [0.25, 0.3) is 0 Å². The standard InChI is InChI=1S/C13H11NO3/c15-8-10-3-1-5-12(7-10)17-13-11(9-16)4-2-6-14-13/h1-7,9,15H,8H2. The SMILES string of the molecule is O=Cc1cccnc1Oc1cccc(CO)c1. The van der Waals surface area contributed by atoms with Gasteiger partial charge < -0.3 is 9.84 Å². The van der Waals surface area contributed by atoms with Crippen molar-refractivity contribution < 1.29 is 14.6 Å². The molecular weight excluding hydrogens is 218 g/mol. The Morgan fingerprint density at radius 2 is 2.18 bits per heavy atom. The van der Waals surface area contributed by atoms with Crippen LogP contribution in [0, 0.1) is 0 Å². The Morgan fingerprint density at radius 3 is 2.94 bits per heavy atom. The summed E-state index contributed by atoms with van der Waals surface area (Å²) in [6.45, 7) is -0.0556. The van der Waals surface area contributed by atoms with E-state index < -0.39 is 0 Å². The predicted molar refractivity (Wildman–Crippen MR) is 62.1 cm³/mol. The van der Waals surface area contributed by atoms with Crippen LogP contribution >= 0.6 is 0 Å². The van der Waals surface area contributed by atoms with Crippen molar-refractivity contribution in [3.05, 3.63) is 53.7 Å². The van der Waals surface area contributed by atoms with Crippen LogP contribution in [0.2, 0.25) is 0 Å². The zero-order valence-corrected chi connectivity index (χ0v) is 9.04. The van der Waals surface area contributed by atoms with Crippen molar-refractivity contribution >= 4 is 6.29 Å². The topological polar surface area (TPSA) is 59.4 Å². The first kappa shape index (κ1) is 11.3. The third-order valence-electron chi connectivity index (χ3n) is 2.22. The van der Waals surface area contributed by atoms with Crippen LogP contribution in [-0.4, -0.2) is 16.4 Å². The molecule has 0 radical (unpaired) electrons. The molecule has 0 atom stereocenters. The van der Waals surface area contributed by atoms with E-state index in [-0.39, 0.29) is 12.5 Å². The monoisotopic (exact) mass is 229 g/mol. The van der Waals surface area contributed by atoms with Crippen molar-refractivity contribution in [1.29, 1.82) is 0 Å². The molecule has 0 bridgehead atoms. The molecule has 0 aliphatic heterocycles. The average Bonchev–Trinajstić information content (AvgIpc) is 2.39. The molecular formula is C13H11NO3. The second-order valence-electron chi connectivity index (χ2n) is 3.42. The maximum Gasteiger partial charge on any atom is 0.229 e. The van der Waals surface area contributed by atoms with Crippen molar-refractivity contribution in [2.45, 2.75) is 6.61 Å². The quantitative estimate of drug-likeness (QED) is 0.816. The minimum atomic E-state index is -0.0556. The second kappa shape index (κ2) is 5.23. The Hall–Kier alpha value is -2.20. The molecule has 0 unspecified atom stereocenters. The zero-order valence-electron chi connectivity index (χ0n) is 9.04. The van der Waals surface area contributed by atoms with Gasteiger partial charge in [-0.25, -0.2) is 4.98 Å². The van der Waals surface area contributed by atoms with E-state index in [0.717, 1.165) is 5.56 Å². The zero-order chi connectivity index (χ0) is 12.1. The van der Waals surface area contributed by atoms with E-state index in [2.05, 4.69) is 4.98 Å². The number of aldehydes is 1. The van der Waals surface area contributed by atoms with Crippen LogP contribution < -0.4 is 4.74 Å². The number of carbonyl (C=O) groups is 1. The second-order valence-corrected chi connectivity index (χ2v) is 3.42. The molecule has 2 aromatic rings. The number of rotatable bonds is 4. The average molecular weight is 229 g/mol. The molecule has 1 heterocycles. The van der Waals surface area contributed by atoms with Crippen molar-refractivity contribution in [2.24, 2.45) is 0 Å². The summed E-state index contributed by atoms with van der Waals surface area (Å²) < 4.78 is 5.49. The smallest absolute Gasteiger partial charge is 0.229 e. The molecule has 86 valence electrons. The number of aromatic nitrogens is 1. The fraction of sp³-hybridized carbons (Fsp3) is 0.0769. The molecule has 1 N–H and O–H groups in total. The molecule has 0 saturated heterocycles. The maximum atomic E-state index is 10.8. The van der Waals surface area contributed by atoms with Gasteiger partial charge in [-0.15, -0.1) is 0 Å². The Morgan fingerprint density at radius 1 is 1.29 bits per heavy atom. The number of ether oxygens (including phenoxy) is 1. The van der Waals surface area contributed by atoms with E-state index >= 15 is 0 Å². The van der Waals surface area contributed by atoms with E-state index in [1.165, 1.54) is 0 Å². The van der Waals surface area contributed by atoms with E-state index in [1.807, 2.05) is 0 Å². The fourth-order valence-corrected chi connectivity index (χ4v) is 1.40. The van der Waals surface area contributed by atoms with Gasteiger partial charge >= 0.3 is 0 Å². The van der Waals surface area contributed by atoms with Gasteiger partial charge in [-0.3, -0.25) is 4.79 Å². The highest BCUT2D eigenvalue weighted by atomic mass is 16.5. The number of aliphatic hydroxyl groups is 1. The molecule has 17 heavy (non-hydrogen) atoms. The van der Waals surface area contributed by atoms with Crippen LogP contribution in [0.4, 0.5) is 0 Å². The van der Waals surface area contributed by atoms with E-state index in [0.29, 0.717) is 17.6 Å². The first-order valence-corrected chi connectivity index (χ1v) is 5.11. The summed E-state index contributed by atoms with van der Waals surface area (Å²) in [6.07, 6.45) is 2.25. The molecule has 0 fully saturated rings. The van der Waals surface area contributed by atoms with Gasteiger partial charge in [0.1, 0.15) is 5.75 Å². The number of aliphatic hydroxyl groups excluding tert-OH is 1. The molecule has 0 aliphatic carbocycles. The minimum absolute atomic E-state index is 0.0556. The highest BCUT2D eigenvalue weighted by Gasteiger charge is 2.05. The highest BCUT2D eigenvalue weighted by molar-refractivity contribution is 5.78. The summed E-state index contributed by atoms with van der Waals surface area (Å²) in [6, 6.07) is 10.3. The fourth-order valence-electron chi connectivity index (χ4n) is 1.40. The lowest BCUT2D eigenvalue weighted by molar-refractivity contribution is 0.112. The molecule has 1 aromatic heterocycles. The summed E-state index contributed by atoms with van der Waals surface area (Å²) >= 11 is 0. The molecule has 1 aromatic carbocycles. The number of pyridine rings is 1. The molecule has 0 aliphatic rings. The Balaban J connectivity index is 2.27. The van der Waals surface area contributed by atoms with Gasteiger partial charge in [0.2, 0.25) is 5.88 Å². The number of benzene rings is 1. The van der Waals surface area contributed by atoms with Gasteiger partial charge in [0.05, 0.1) is 12.2 Å². The van der Waals surface area contributed by atoms with Crippen LogP contribution in [-0.2, 0) is 6.61 Å². The number of hydrogen-bond donors (Lipinski definition) is 1. The van der Waals surface area contributed by atoms with Gasteiger partial charge in [0.15, 0.2) is 6.29 Å². The number of carbonyl (C=O) groups excluding carboxylic acids is 1. The summed E-state index contributed by atoms with van der Waals surface area (Å²) in [5.41, 5.74) is 1.13. The Kier molecular flexibility index (Phi) is 3.47. The van der Waals surface area contributed by atoms with Gasteiger partial charge in [0, 0.05) is 6.20 Å². The predicted octanol–water partition coefficient (Wildman–Crippen LogP) is 2.18. The van der Waals surface area contributed by atoms with Gasteiger partial charge in [-0.2, -0.15) is 0 Å². The van der Waals surface area contributed by atoms with Crippen molar-refractivity contribution in [3.63, 3.8) is 0 Å². The molecule has 0 saturated carbocycles. The maximum absolute atomic E-state index is 10.8. The van der Waals surface area contributed by atoms with Crippen molar-refractivity contribution in [1.82, 2.24) is 4.98 Å². The largest absolute Gasteiger partial charge is 0.438 e. The molecule has 0 amide bonds. The molecule has 4 heteroatoms. The Labute approximate surface area is 98.5 Å². The highest BCUT2D eigenvalue weighted by Crippen LogP contribution is 2.22. The van der Waals surface area contributed by atoms with Gasteiger partial charge in [-0.05, 0) is 29.8 Å². The summed E-state index contributed by atoms with van der Waals surface area (Å²) in [7, 11) is 0.